The molecule has 0 heterocycles. The Kier molecular flexibility index (Phi) is 6.66. The molecular weight excluding hydrogens is 292 g/mol. The highest BCUT2D eigenvalue weighted by atomic mass is 16.5. The molecule has 1 aromatic carbocycles. The second kappa shape index (κ2) is 8.49. The Morgan fingerprint density at radius 3 is 2.64 bits per heavy atom. The summed E-state index contributed by atoms with van der Waals surface area (Å²) in [6.07, 6.45) is -1.12. The molecular formula is C14H16N2O6. The van der Waals surface area contributed by atoms with Crippen LogP contribution in [0.2, 0.25) is 0 Å². The molecule has 1 rings (SSSR count). The number of carboxylic acids is 1. The van der Waals surface area contributed by atoms with E-state index in [9.17, 15) is 9.59 Å². The van der Waals surface area contributed by atoms with Crippen LogP contribution >= 0.6 is 0 Å². The quantitative estimate of drug-likeness (QED) is 0.702. The fourth-order valence-electron chi connectivity index (χ4n) is 1.53. The molecule has 8 nitrogen and oxygen atoms in total. The third kappa shape index (κ3) is 4.96. The van der Waals surface area contributed by atoms with Gasteiger partial charge in [0.2, 0.25) is 0 Å². The van der Waals surface area contributed by atoms with Gasteiger partial charge in [-0.3, -0.25) is 4.79 Å². The van der Waals surface area contributed by atoms with Crippen LogP contribution in [0.3, 0.4) is 0 Å². The molecule has 0 spiro atoms. The molecule has 0 saturated carbocycles. The number of nitrogens with one attached hydrogen (secondary N) is 1. The zero-order valence-electron chi connectivity index (χ0n) is 12.2. The number of carbonyl (C=O) groups excluding carboxylic acids is 1. The molecule has 1 aromatic rings. The number of nitrogens with zero attached hydrogens (tertiary/aromatic N) is 1. The Hall–Kier alpha value is -2.79. The van der Waals surface area contributed by atoms with Crippen LogP contribution < -0.4 is 14.8 Å². The molecule has 22 heavy (non-hydrogen) atoms. The number of carbonyl (C=O) groups is 2. The molecule has 118 valence electrons. The Bertz CT molecular complexity index is 581. The largest absolute Gasteiger partial charge is 0.493 e. The van der Waals surface area contributed by atoms with E-state index in [0.717, 1.165) is 0 Å². The van der Waals surface area contributed by atoms with Crippen molar-refractivity contribution < 1.29 is 28.9 Å². The van der Waals surface area contributed by atoms with Gasteiger partial charge in [-0.15, -0.1) is 0 Å². The zero-order chi connectivity index (χ0) is 16.5. The van der Waals surface area contributed by atoms with E-state index in [1.165, 1.54) is 32.4 Å². The van der Waals surface area contributed by atoms with Crippen molar-refractivity contribution in [1.82, 2.24) is 5.32 Å². The molecule has 0 radical (unpaired) electrons. The van der Waals surface area contributed by atoms with Crippen molar-refractivity contribution in [2.45, 2.75) is 6.10 Å². The van der Waals surface area contributed by atoms with Crippen molar-refractivity contribution >= 4 is 11.9 Å². The van der Waals surface area contributed by atoms with Gasteiger partial charge in [0, 0.05) is 13.2 Å². The smallest absolute Gasteiger partial charge is 0.334 e. The summed E-state index contributed by atoms with van der Waals surface area (Å²) in [5.74, 6) is -1.04. The summed E-state index contributed by atoms with van der Waals surface area (Å²) in [7, 11) is 2.66. The van der Waals surface area contributed by atoms with Crippen molar-refractivity contribution in [1.29, 1.82) is 5.26 Å². The van der Waals surface area contributed by atoms with Gasteiger partial charge in [0.15, 0.2) is 24.2 Å². The number of hydrogen-bond acceptors (Lipinski definition) is 6. The van der Waals surface area contributed by atoms with Crippen LogP contribution in [0, 0.1) is 11.3 Å². The van der Waals surface area contributed by atoms with Crippen LogP contribution in [0.15, 0.2) is 18.2 Å². The topological polar surface area (TPSA) is 118 Å². The molecule has 1 amide bonds. The summed E-state index contributed by atoms with van der Waals surface area (Å²) in [4.78, 5) is 22.3. The number of ether oxygens (including phenoxy) is 3. The first-order chi connectivity index (χ1) is 10.5. The van der Waals surface area contributed by atoms with Gasteiger partial charge in [-0.1, -0.05) is 0 Å². The first kappa shape index (κ1) is 17.3. The van der Waals surface area contributed by atoms with Crippen LogP contribution in [-0.2, 0) is 14.3 Å². The maximum absolute atomic E-state index is 11.6. The van der Waals surface area contributed by atoms with E-state index in [1.807, 2.05) is 6.07 Å². The van der Waals surface area contributed by atoms with E-state index in [2.05, 4.69) is 10.1 Å². The summed E-state index contributed by atoms with van der Waals surface area (Å²) in [6, 6.07) is 6.49. The van der Waals surface area contributed by atoms with Crippen molar-refractivity contribution in [2.75, 3.05) is 27.4 Å². The van der Waals surface area contributed by atoms with Crippen molar-refractivity contribution in [3.63, 3.8) is 0 Å². The maximum atomic E-state index is 11.6. The molecule has 1 unspecified atom stereocenters. The minimum atomic E-state index is -1.17. The van der Waals surface area contributed by atoms with E-state index < -0.39 is 18.0 Å². The van der Waals surface area contributed by atoms with E-state index >= 15 is 0 Å². The molecule has 0 saturated heterocycles. The second-order valence-electron chi connectivity index (χ2n) is 4.13. The zero-order valence-corrected chi connectivity index (χ0v) is 12.2. The van der Waals surface area contributed by atoms with Crippen molar-refractivity contribution in [3.05, 3.63) is 23.8 Å². The lowest BCUT2D eigenvalue weighted by molar-refractivity contribution is -0.148. The van der Waals surface area contributed by atoms with Gasteiger partial charge in [0.05, 0.1) is 25.3 Å². The Morgan fingerprint density at radius 1 is 1.36 bits per heavy atom. The van der Waals surface area contributed by atoms with E-state index in [4.69, 9.17) is 19.8 Å². The lowest BCUT2D eigenvalue weighted by atomic mass is 10.2. The number of carboxylic acid groups (broad SMARTS) is 1. The van der Waals surface area contributed by atoms with Crippen molar-refractivity contribution in [2.24, 2.45) is 0 Å². The lowest BCUT2D eigenvalue weighted by Gasteiger charge is -2.13. The van der Waals surface area contributed by atoms with Gasteiger partial charge in [0.1, 0.15) is 0 Å². The predicted octanol–water partition coefficient (Wildman–Crippen LogP) is 0.161. The van der Waals surface area contributed by atoms with Crippen LogP contribution in [0.1, 0.15) is 5.56 Å². The fraction of sp³-hybridized carbons (Fsp3) is 0.357. The number of methoxy groups -OCH3 is 2. The number of amides is 1. The minimum absolute atomic E-state index is 0.168. The van der Waals surface area contributed by atoms with Gasteiger partial charge in [-0.2, -0.15) is 5.26 Å². The molecule has 0 aliphatic carbocycles. The Balaban J connectivity index is 2.54. The van der Waals surface area contributed by atoms with Gasteiger partial charge in [0.25, 0.3) is 5.91 Å². The maximum Gasteiger partial charge on any atom is 0.334 e. The highest BCUT2D eigenvalue weighted by Gasteiger charge is 2.17. The molecule has 0 aliphatic rings. The second-order valence-corrected chi connectivity index (χ2v) is 4.13. The molecule has 0 aromatic heterocycles. The van der Waals surface area contributed by atoms with Gasteiger partial charge < -0.3 is 24.6 Å². The molecule has 0 aliphatic heterocycles. The number of benzene rings is 1. The molecule has 2 N–H and O–H groups in total. The van der Waals surface area contributed by atoms with Crippen LogP contribution in [-0.4, -0.2) is 50.5 Å². The molecule has 0 fully saturated rings. The third-order valence-corrected chi connectivity index (χ3v) is 2.70. The van der Waals surface area contributed by atoms with Crippen LogP contribution in [0.25, 0.3) is 0 Å². The van der Waals surface area contributed by atoms with Gasteiger partial charge in [-0.05, 0) is 12.1 Å². The first-order valence-electron chi connectivity index (χ1n) is 6.25. The molecule has 8 heteroatoms. The summed E-state index contributed by atoms with van der Waals surface area (Å²) in [6.45, 7) is -0.489. The fourth-order valence-corrected chi connectivity index (χ4v) is 1.53. The monoisotopic (exact) mass is 308 g/mol. The van der Waals surface area contributed by atoms with E-state index in [1.54, 1.807) is 0 Å². The number of nitriles is 1. The number of aliphatic carboxylic acids is 1. The van der Waals surface area contributed by atoms with E-state index in [0.29, 0.717) is 17.1 Å². The predicted molar refractivity (Wildman–Crippen MR) is 74.6 cm³/mol. The van der Waals surface area contributed by atoms with Gasteiger partial charge in [-0.25, -0.2) is 4.79 Å². The van der Waals surface area contributed by atoms with Gasteiger partial charge >= 0.3 is 5.97 Å². The van der Waals surface area contributed by atoms with Crippen LogP contribution in [0.5, 0.6) is 11.5 Å². The lowest BCUT2D eigenvalue weighted by Crippen LogP contribution is -2.39. The van der Waals surface area contributed by atoms with Crippen LogP contribution in [0.4, 0.5) is 0 Å². The normalized spacial score (nSPS) is 11.1. The van der Waals surface area contributed by atoms with Crippen molar-refractivity contribution in [3.8, 4) is 17.6 Å². The highest BCUT2D eigenvalue weighted by molar-refractivity contribution is 5.79. The first-order valence-corrected chi connectivity index (χ1v) is 6.25. The number of rotatable bonds is 8. The average Bonchev–Trinajstić information content (AvgIpc) is 2.52. The number of hydrogen-bond donors (Lipinski definition) is 2. The minimum Gasteiger partial charge on any atom is -0.493 e. The standard InChI is InChI=1S/C14H16N2O6/c1-20-11-5-9(6-15)3-4-10(11)22-8-13(17)16-7-12(21-2)14(18)19/h3-5,12H,7-8H2,1-2H3,(H,16,17)(H,18,19). The van der Waals surface area contributed by atoms with E-state index in [-0.39, 0.29) is 13.2 Å². The Labute approximate surface area is 127 Å². The Morgan fingerprint density at radius 2 is 2.09 bits per heavy atom. The summed E-state index contributed by atoms with van der Waals surface area (Å²) in [5.41, 5.74) is 0.401. The molecule has 1 atom stereocenters. The highest BCUT2D eigenvalue weighted by Crippen LogP contribution is 2.27. The average molecular weight is 308 g/mol. The summed E-state index contributed by atoms with van der Waals surface area (Å²) < 4.78 is 15.0. The SMILES string of the molecule is COc1cc(C#N)ccc1OCC(=O)NCC(OC)C(=O)O. The summed E-state index contributed by atoms with van der Waals surface area (Å²) >= 11 is 0. The third-order valence-electron chi connectivity index (χ3n) is 2.70. The summed E-state index contributed by atoms with van der Waals surface area (Å²) in [5, 5.41) is 19.9. The molecule has 0 bridgehead atoms.